The molecule has 0 unspecified atom stereocenters. The Morgan fingerprint density at radius 2 is 2.31 bits per heavy atom. The quantitative estimate of drug-likeness (QED) is 0.637. The van der Waals surface area contributed by atoms with E-state index in [1.54, 1.807) is 11.4 Å². The molecule has 6 heteroatoms. The number of aromatic nitrogens is 1. The van der Waals surface area contributed by atoms with Gasteiger partial charge in [-0.05, 0) is 18.2 Å². The maximum atomic E-state index is 13.1. The molecule has 0 atom stereocenters. The summed E-state index contributed by atoms with van der Waals surface area (Å²) in [5, 5.41) is 2.35. The summed E-state index contributed by atoms with van der Waals surface area (Å²) in [6, 6.07) is 4.30. The Hall–Kier alpha value is -1.66. The number of nitrogens with two attached hydrogens (primary N) is 1. The van der Waals surface area contributed by atoms with Crippen molar-refractivity contribution >= 4 is 16.5 Å². The van der Waals surface area contributed by atoms with Crippen LogP contribution in [0.15, 0.2) is 23.6 Å². The number of rotatable bonds is 3. The van der Waals surface area contributed by atoms with Crippen LogP contribution in [0.3, 0.4) is 0 Å². The zero-order chi connectivity index (χ0) is 11.5. The van der Waals surface area contributed by atoms with Crippen LogP contribution in [0.5, 0.6) is 5.75 Å². The Balaban J connectivity index is 2.49. The minimum Gasteiger partial charge on any atom is -0.496 e. The normalized spacial score (nSPS) is 10.2. The summed E-state index contributed by atoms with van der Waals surface area (Å²) in [6.45, 7) is 0. The van der Waals surface area contributed by atoms with Crippen molar-refractivity contribution in [1.82, 2.24) is 4.98 Å². The van der Waals surface area contributed by atoms with E-state index in [1.165, 1.54) is 30.6 Å². The second-order valence-electron chi connectivity index (χ2n) is 3.03. The first-order valence-corrected chi connectivity index (χ1v) is 5.38. The van der Waals surface area contributed by atoms with Crippen LogP contribution in [-0.4, -0.2) is 12.1 Å². The number of benzene rings is 1. The molecule has 0 fully saturated rings. The number of methoxy groups -OCH3 is 1. The number of hydrogen-bond donors (Lipinski definition) is 2. The molecule has 0 aliphatic heterocycles. The third kappa shape index (κ3) is 1.98. The molecule has 3 N–H and O–H groups in total. The van der Waals surface area contributed by atoms with Crippen molar-refractivity contribution in [2.75, 3.05) is 12.5 Å². The fourth-order valence-electron chi connectivity index (χ4n) is 1.34. The molecular formula is C10H10FN3OS. The van der Waals surface area contributed by atoms with Gasteiger partial charge in [-0.25, -0.2) is 15.2 Å². The number of ether oxygens (including phenoxy) is 1. The number of thiazole rings is 1. The molecule has 84 valence electrons. The average Bonchev–Trinajstić information content (AvgIpc) is 2.77. The standard InChI is InChI=1S/C10H10FN3OS/c1-15-9-3-2-6(11)4-7(9)8-5-16-10(13-8)14-12/h2-5H,12H2,1H3,(H,13,14). The highest BCUT2D eigenvalue weighted by atomic mass is 32.1. The van der Waals surface area contributed by atoms with E-state index in [2.05, 4.69) is 10.4 Å². The van der Waals surface area contributed by atoms with E-state index in [0.29, 0.717) is 22.1 Å². The fraction of sp³-hybridized carbons (Fsp3) is 0.100. The number of anilines is 1. The molecule has 0 radical (unpaired) electrons. The predicted octanol–water partition coefficient (Wildman–Crippen LogP) is 2.24. The SMILES string of the molecule is COc1ccc(F)cc1-c1csc(NN)n1. The lowest BCUT2D eigenvalue weighted by Gasteiger charge is -2.05. The number of nitrogen functional groups attached to an aromatic ring is 1. The van der Waals surface area contributed by atoms with Crippen molar-refractivity contribution in [3.05, 3.63) is 29.4 Å². The van der Waals surface area contributed by atoms with Crippen molar-refractivity contribution in [3.8, 4) is 17.0 Å². The summed E-state index contributed by atoms with van der Waals surface area (Å²) >= 11 is 1.34. The van der Waals surface area contributed by atoms with Crippen LogP contribution in [0.2, 0.25) is 0 Å². The largest absolute Gasteiger partial charge is 0.496 e. The van der Waals surface area contributed by atoms with Gasteiger partial charge in [0.1, 0.15) is 11.6 Å². The highest BCUT2D eigenvalue weighted by molar-refractivity contribution is 7.14. The number of nitrogens with zero attached hydrogens (tertiary/aromatic N) is 1. The van der Waals surface area contributed by atoms with Gasteiger partial charge >= 0.3 is 0 Å². The Kier molecular flexibility index (Phi) is 3.02. The topological polar surface area (TPSA) is 60.2 Å². The molecule has 2 rings (SSSR count). The molecule has 2 aromatic rings. The van der Waals surface area contributed by atoms with Gasteiger partial charge in [0, 0.05) is 10.9 Å². The Bertz CT molecular complexity index is 501. The molecule has 0 aliphatic carbocycles. The van der Waals surface area contributed by atoms with Gasteiger partial charge < -0.3 is 4.74 Å². The third-order valence-corrected chi connectivity index (χ3v) is 2.84. The van der Waals surface area contributed by atoms with E-state index in [0.717, 1.165) is 0 Å². The minimum atomic E-state index is -0.328. The Morgan fingerprint density at radius 3 is 2.94 bits per heavy atom. The molecule has 1 aromatic carbocycles. The lowest BCUT2D eigenvalue weighted by molar-refractivity contribution is 0.415. The lowest BCUT2D eigenvalue weighted by atomic mass is 10.1. The van der Waals surface area contributed by atoms with Crippen molar-refractivity contribution in [2.45, 2.75) is 0 Å². The van der Waals surface area contributed by atoms with Crippen LogP contribution >= 0.6 is 11.3 Å². The van der Waals surface area contributed by atoms with Crippen LogP contribution in [0.1, 0.15) is 0 Å². The Morgan fingerprint density at radius 1 is 1.50 bits per heavy atom. The summed E-state index contributed by atoms with van der Waals surface area (Å²) in [5.41, 5.74) is 3.69. The fourth-order valence-corrected chi connectivity index (χ4v) is 1.97. The highest BCUT2D eigenvalue weighted by Crippen LogP contribution is 2.32. The van der Waals surface area contributed by atoms with Gasteiger partial charge in [0.15, 0.2) is 5.13 Å². The smallest absolute Gasteiger partial charge is 0.197 e. The maximum absolute atomic E-state index is 13.1. The summed E-state index contributed by atoms with van der Waals surface area (Å²) in [7, 11) is 1.53. The van der Waals surface area contributed by atoms with Crippen molar-refractivity contribution < 1.29 is 9.13 Å². The van der Waals surface area contributed by atoms with E-state index >= 15 is 0 Å². The van der Waals surface area contributed by atoms with Gasteiger partial charge in [0.25, 0.3) is 0 Å². The zero-order valence-electron chi connectivity index (χ0n) is 8.53. The van der Waals surface area contributed by atoms with Crippen LogP contribution in [0.25, 0.3) is 11.3 Å². The first-order valence-electron chi connectivity index (χ1n) is 4.50. The number of hydrogen-bond acceptors (Lipinski definition) is 5. The lowest BCUT2D eigenvalue weighted by Crippen LogP contribution is -2.05. The second-order valence-corrected chi connectivity index (χ2v) is 3.88. The van der Waals surface area contributed by atoms with Crippen molar-refractivity contribution in [3.63, 3.8) is 0 Å². The van der Waals surface area contributed by atoms with Crippen LogP contribution in [0.4, 0.5) is 9.52 Å². The maximum Gasteiger partial charge on any atom is 0.197 e. The van der Waals surface area contributed by atoms with Gasteiger partial charge in [-0.3, -0.25) is 5.43 Å². The van der Waals surface area contributed by atoms with Crippen LogP contribution < -0.4 is 16.0 Å². The molecule has 0 bridgehead atoms. The molecule has 4 nitrogen and oxygen atoms in total. The molecule has 1 aromatic heterocycles. The van der Waals surface area contributed by atoms with Crippen molar-refractivity contribution in [2.24, 2.45) is 5.84 Å². The van der Waals surface area contributed by atoms with E-state index < -0.39 is 0 Å². The van der Waals surface area contributed by atoms with Gasteiger partial charge in [-0.15, -0.1) is 11.3 Å². The minimum absolute atomic E-state index is 0.328. The van der Waals surface area contributed by atoms with E-state index in [4.69, 9.17) is 10.6 Å². The molecule has 0 amide bonds. The van der Waals surface area contributed by atoms with Gasteiger partial charge in [0.05, 0.1) is 12.8 Å². The number of halogens is 1. The molecule has 1 heterocycles. The molecule has 0 aliphatic rings. The van der Waals surface area contributed by atoms with E-state index in [1.807, 2.05) is 0 Å². The van der Waals surface area contributed by atoms with Crippen LogP contribution in [-0.2, 0) is 0 Å². The molecule has 0 saturated heterocycles. The van der Waals surface area contributed by atoms with Gasteiger partial charge in [-0.1, -0.05) is 0 Å². The second kappa shape index (κ2) is 4.46. The monoisotopic (exact) mass is 239 g/mol. The third-order valence-electron chi connectivity index (χ3n) is 2.07. The highest BCUT2D eigenvalue weighted by Gasteiger charge is 2.10. The number of nitrogens with one attached hydrogen (secondary N) is 1. The summed E-state index contributed by atoms with van der Waals surface area (Å²) in [4.78, 5) is 4.18. The van der Waals surface area contributed by atoms with Crippen molar-refractivity contribution in [1.29, 1.82) is 0 Å². The first-order chi connectivity index (χ1) is 7.74. The molecule has 0 spiro atoms. The number of hydrazine groups is 1. The summed E-state index contributed by atoms with van der Waals surface area (Å²) < 4.78 is 18.3. The van der Waals surface area contributed by atoms with E-state index in [-0.39, 0.29) is 5.82 Å². The molecule has 16 heavy (non-hydrogen) atoms. The predicted molar refractivity (Wildman–Crippen MR) is 61.9 cm³/mol. The molecular weight excluding hydrogens is 229 g/mol. The first kappa shape index (κ1) is 10.8. The Labute approximate surface area is 95.9 Å². The summed E-state index contributed by atoms with van der Waals surface area (Å²) in [6.07, 6.45) is 0. The van der Waals surface area contributed by atoms with E-state index in [9.17, 15) is 4.39 Å². The van der Waals surface area contributed by atoms with Crippen LogP contribution in [0, 0.1) is 5.82 Å². The summed E-state index contributed by atoms with van der Waals surface area (Å²) in [5.74, 6) is 5.49. The van der Waals surface area contributed by atoms with Gasteiger partial charge in [0.2, 0.25) is 0 Å². The zero-order valence-corrected chi connectivity index (χ0v) is 9.34. The van der Waals surface area contributed by atoms with Gasteiger partial charge in [-0.2, -0.15) is 0 Å². The molecule has 0 saturated carbocycles. The average molecular weight is 239 g/mol.